The zero-order valence-electron chi connectivity index (χ0n) is 17.7. The molecule has 3 aromatic heterocycles. The number of piperidine rings is 1. The molecule has 9 heteroatoms. The van der Waals surface area contributed by atoms with Gasteiger partial charge in [0.2, 0.25) is 0 Å². The van der Waals surface area contributed by atoms with Crippen molar-refractivity contribution in [3.8, 4) is 0 Å². The second-order valence-corrected chi connectivity index (χ2v) is 9.96. The second kappa shape index (κ2) is 8.80. The average Bonchev–Trinajstić information content (AvgIpc) is 3.28. The number of H-pyrrole nitrogens is 1. The standard InChI is InChI=1S/C22H29N5O3S/c1-30-16-3-2-10-27(13-16)22(31(28)29)15-6-4-14(5-7-15)18-11-25-26-19-12-24-21-17(20(18)19)8-9-23-21/h8-9,11-12,14-16,22,31H,2-7,10,13H2,1H3,(H,23,24). The number of likely N-dealkylation sites (tertiary alicyclic amines) is 1. The van der Waals surface area contributed by atoms with Gasteiger partial charge in [-0.15, -0.1) is 5.10 Å². The van der Waals surface area contributed by atoms with Crippen LogP contribution in [-0.4, -0.2) is 65.2 Å². The van der Waals surface area contributed by atoms with Crippen molar-refractivity contribution in [2.24, 2.45) is 5.92 Å². The highest BCUT2D eigenvalue weighted by Crippen LogP contribution is 2.41. The van der Waals surface area contributed by atoms with E-state index in [0.29, 0.717) is 12.5 Å². The van der Waals surface area contributed by atoms with Gasteiger partial charge in [0, 0.05) is 30.6 Å². The first-order chi connectivity index (χ1) is 15.2. The lowest BCUT2D eigenvalue weighted by molar-refractivity contribution is 0.0156. The number of pyridine rings is 1. The Morgan fingerprint density at radius 2 is 2.03 bits per heavy atom. The van der Waals surface area contributed by atoms with Gasteiger partial charge in [0.05, 0.1) is 18.5 Å². The van der Waals surface area contributed by atoms with Crippen LogP contribution in [0.4, 0.5) is 0 Å². The molecular weight excluding hydrogens is 414 g/mol. The summed E-state index contributed by atoms with van der Waals surface area (Å²) in [6.45, 7) is 1.55. The Bertz CT molecular complexity index is 1130. The van der Waals surface area contributed by atoms with Crippen LogP contribution in [0.2, 0.25) is 0 Å². The summed E-state index contributed by atoms with van der Waals surface area (Å²) in [7, 11) is -0.794. The highest BCUT2D eigenvalue weighted by Gasteiger charge is 2.36. The first-order valence-corrected chi connectivity index (χ1v) is 12.4. The molecule has 0 radical (unpaired) electrons. The van der Waals surface area contributed by atoms with Gasteiger partial charge in [-0.1, -0.05) is 0 Å². The molecule has 8 nitrogen and oxygen atoms in total. The molecule has 0 aromatic carbocycles. The zero-order valence-corrected chi connectivity index (χ0v) is 18.6. The molecule has 1 saturated carbocycles. The molecule has 0 spiro atoms. The van der Waals surface area contributed by atoms with Crippen LogP contribution in [0.25, 0.3) is 21.9 Å². The smallest absolute Gasteiger partial charge is 0.156 e. The van der Waals surface area contributed by atoms with Crippen LogP contribution in [0.1, 0.15) is 50.0 Å². The van der Waals surface area contributed by atoms with E-state index in [1.807, 2.05) is 18.5 Å². The number of methoxy groups -OCH3 is 1. The largest absolute Gasteiger partial charge is 0.380 e. The van der Waals surface area contributed by atoms with Crippen LogP contribution in [-0.2, 0) is 15.4 Å². The molecule has 1 N–H and O–H groups in total. The maximum atomic E-state index is 12.3. The van der Waals surface area contributed by atoms with Crippen LogP contribution in [0.15, 0.2) is 24.7 Å². The van der Waals surface area contributed by atoms with Crippen molar-refractivity contribution in [1.29, 1.82) is 0 Å². The average molecular weight is 444 g/mol. The van der Waals surface area contributed by atoms with E-state index in [4.69, 9.17) is 4.74 Å². The molecule has 166 valence electrons. The fourth-order valence-corrected chi connectivity index (χ4v) is 6.75. The Labute approximate surface area is 183 Å². The fraction of sp³-hybridized carbons (Fsp3) is 0.591. The molecule has 31 heavy (non-hydrogen) atoms. The number of hydrogen-bond donors (Lipinski definition) is 2. The fourth-order valence-electron chi connectivity index (χ4n) is 5.63. The van der Waals surface area contributed by atoms with Gasteiger partial charge in [-0.05, 0) is 68.5 Å². The van der Waals surface area contributed by atoms with E-state index in [0.717, 1.165) is 67.0 Å². The number of thiol groups is 1. The van der Waals surface area contributed by atoms with Crippen molar-refractivity contribution < 1.29 is 13.2 Å². The van der Waals surface area contributed by atoms with Gasteiger partial charge in [-0.25, -0.2) is 13.4 Å². The Morgan fingerprint density at radius 3 is 2.81 bits per heavy atom. The van der Waals surface area contributed by atoms with E-state index in [2.05, 4.69) is 25.1 Å². The maximum absolute atomic E-state index is 12.3. The lowest BCUT2D eigenvalue weighted by atomic mass is 9.77. The molecule has 0 amide bonds. The highest BCUT2D eigenvalue weighted by atomic mass is 32.2. The number of hydrogen-bond acceptors (Lipinski definition) is 7. The number of nitrogens with one attached hydrogen (secondary N) is 1. The number of aromatic nitrogens is 4. The summed E-state index contributed by atoms with van der Waals surface area (Å²) >= 11 is 0. The molecule has 4 heterocycles. The normalized spacial score (nSPS) is 26.6. The molecule has 2 unspecified atom stereocenters. The minimum atomic E-state index is -2.51. The van der Waals surface area contributed by atoms with Crippen LogP contribution < -0.4 is 0 Å². The molecule has 1 aliphatic carbocycles. The van der Waals surface area contributed by atoms with E-state index >= 15 is 0 Å². The van der Waals surface area contributed by atoms with Crippen LogP contribution in [0.3, 0.4) is 0 Å². The third-order valence-corrected chi connectivity index (χ3v) is 8.36. The summed E-state index contributed by atoms with van der Waals surface area (Å²) in [4.78, 5) is 9.76. The van der Waals surface area contributed by atoms with Crippen LogP contribution in [0, 0.1) is 5.92 Å². The molecule has 5 rings (SSSR count). The number of rotatable bonds is 5. The van der Waals surface area contributed by atoms with Crippen LogP contribution >= 0.6 is 0 Å². The molecule has 2 aliphatic rings. The summed E-state index contributed by atoms with van der Waals surface area (Å²) in [5.41, 5.74) is 2.87. The van der Waals surface area contributed by atoms with E-state index in [1.165, 1.54) is 5.56 Å². The van der Waals surface area contributed by atoms with Gasteiger partial charge in [0.1, 0.15) is 16.5 Å². The van der Waals surface area contributed by atoms with E-state index < -0.39 is 10.7 Å². The maximum Gasteiger partial charge on any atom is 0.156 e. The van der Waals surface area contributed by atoms with Gasteiger partial charge in [0.15, 0.2) is 10.7 Å². The highest BCUT2D eigenvalue weighted by molar-refractivity contribution is 7.73. The molecule has 1 saturated heterocycles. The predicted octanol–water partition coefficient (Wildman–Crippen LogP) is 2.83. The molecule has 2 fully saturated rings. The van der Waals surface area contributed by atoms with Gasteiger partial charge < -0.3 is 9.72 Å². The first-order valence-electron chi connectivity index (χ1n) is 11.1. The van der Waals surface area contributed by atoms with Crippen LogP contribution in [0.5, 0.6) is 0 Å². The van der Waals surface area contributed by atoms with E-state index in [-0.39, 0.29) is 17.4 Å². The molecular formula is C22H29N5O3S. The number of aromatic amines is 1. The Morgan fingerprint density at radius 1 is 1.19 bits per heavy atom. The first kappa shape index (κ1) is 20.8. The van der Waals surface area contributed by atoms with Crippen molar-refractivity contribution in [2.75, 3.05) is 20.2 Å². The van der Waals surface area contributed by atoms with E-state index in [9.17, 15) is 8.42 Å². The minimum Gasteiger partial charge on any atom is -0.380 e. The summed E-state index contributed by atoms with van der Waals surface area (Å²) < 4.78 is 30.0. The lowest BCUT2D eigenvalue weighted by Crippen LogP contribution is -2.49. The van der Waals surface area contributed by atoms with Crippen molar-refractivity contribution in [1.82, 2.24) is 25.1 Å². The minimum absolute atomic E-state index is 0.133. The van der Waals surface area contributed by atoms with E-state index in [1.54, 1.807) is 13.3 Å². The number of ether oxygens (including phenoxy) is 1. The second-order valence-electron chi connectivity index (χ2n) is 8.86. The zero-order chi connectivity index (χ0) is 21.4. The summed E-state index contributed by atoms with van der Waals surface area (Å²) in [6.07, 6.45) is 11.4. The third kappa shape index (κ3) is 3.94. The summed E-state index contributed by atoms with van der Waals surface area (Å²) in [6, 6.07) is 2.04. The molecule has 1 aliphatic heterocycles. The Hall–Kier alpha value is -2.10. The van der Waals surface area contributed by atoms with Gasteiger partial charge in [-0.2, -0.15) is 5.10 Å². The van der Waals surface area contributed by atoms with Gasteiger partial charge in [-0.3, -0.25) is 4.90 Å². The van der Waals surface area contributed by atoms with Crippen molar-refractivity contribution in [3.05, 3.63) is 30.2 Å². The quantitative estimate of drug-likeness (QED) is 0.585. The molecule has 2 atom stereocenters. The lowest BCUT2D eigenvalue weighted by Gasteiger charge is -2.40. The van der Waals surface area contributed by atoms with Crippen molar-refractivity contribution in [2.45, 2.75) is 55.9 Å². The third-order valence-electron chi connectivity index (χ3n) is 7.18. The topological polar surface area (TPSA) is 101 Å². The Balaban J connectivity index is 1.37. The molecule has 0 bridgehead atoms. The van der Waals surface area contributed by atoms with Gasteiger partial charge >= 0.3 is 0 Å². The monoisotopic (exact) mass is 443 g/mol. The number of nitrogens with zero attached hydrogens (tertiary/aromatic N) is 4. The molecule has 3 aromatic rings. The Kier molecular flexibility index (Phi) is 5.90. The van der Waals surface area contributed by atoms with Gasteiger partial charge in [0.25, 0.3) is 0 Å². The summed E-state index contributed by atoms with van der Waals surface area (Å²) in [5, 5.41) is 10.3. The SMILES string of the molecule is COC1CCCN(C(C2CCC(c3cnnc4cnc5[nH]ccc5c34)CC2)[SH](=O)=O)C1. The van der Waals surface area contributed by atoms with Crippen molar-refractivity contribution in [3.63, 3.8) is 0 Å². The predicted molar refractivity (Wildman–Crippen MR) is 120 cm³/mol. The summed E-state index contributed by atoms with van der Waals surface area (Å²) in [5.74, 6) is 0.524. The van der Waals surface area contributed by atoms with Crippen molar-refractivity contribution >= 4 is 32.6 Å². The number of fused-ring (bicyclic) bond motifs is 3.